The Morgan fingerprint density at radius 1 is 1.15 bits per heavy atom. The molecule has 1 aromatic heterocycles. The maximum absolute atomic E-state index is 12.4. The fourth-order valence-corrected chi connectivity index (χ4v) is 3.70. The second-order valence-corrected chi connectivity index (χ2v) is 7.43. The largest absolute Gasteiger partial charge is 0.465 e. The molecule has 1 heterocycles. The fourth-order valence-electron chi connectivity index (χ4n) is 2.64. The van der Waals surface area contributed by atoms with Crippen LogP contribution < -0.4 is 5.32 Å². The van der Waals surface area contributed by atoms with Gasteiger partial charge in [0.25, 0.3) is 0 Å². The van der Waals surface area contributed by atoms with Crippen molar-refractivity contribution in [1.82, 2.24) is 4.90 Å². The Hall–Kier alpha value is -2.67. The predicted molar refractivity (Wildman–Crippen MR) is 106 cm³/mol. The Morgan fingerprint density at radius 2 is 1.81 bits per heavy atom. The van der Waals surface area contributed by atoms with Crippen LogP contribution >= 0.6 is 11.3 Å². The third-order valence-corrected chi connectivity index (χ3v) is 5.42. The number of ether oxygens (including phenoxy) is 1. The van der Waals surface area contributed by atoms with Crippen molar-refractivity contribution in [2.45, 2.75) is 33.7 Å². The number of anilines is 1. The van der Waals surface area contributed by atoms with Gasteiger partial charge < -0.3 is 15.0 Å². The number of hydrogen-bond donors (Lipinski definition) is 1. The lowest BCUT2D eigenvalue weighted by molar-refractivity contribution is -0.129. The molecule has 2 aromatic rings. The number of aryl methyl sites for hydroxylation is 1. The summed E-state index contributed by atoms with van der Waals surface area (Å²) in [5, 5.41) is 3.27. The standard InChI is InChI=1S/C20H24N2O4S/c1-13-14(2)27-19(18(13)20(25)26-4)21-17(24)10-11-22(15(3)23)12-16-8-6-5-7-9-16/h5-9H,10-12H2,1-4H3,(H,21,24). The van der Waals surface area contributed by atoms with Gasteiger partial charge in [0.1, 0.15) is 5.00 Å². The Balaban J connectivity index is 2.02. The lowest BCUT2D eigenvalue weighted by Gasteiger charge is -2.21. The summed E-state index contributed by atoms with van der Waals surface area (Å²) in [6.07, 6.45) is 0.142. The minimum atomic E-state index is -0.471. The van der Waals surface area contributed by atoms with Crippen molar-refractivity contribution < 1.29 is 19.1 Å². The Bertz CT molecular complexity index is 830. The zero-order chi connectivity index (χ0) is 20.0. The van der Waals surface area contributed by atoms with Gasteiger partial charge in [-0.1, -0.05) is 30.3 Å². The van der Waals surface area contributed by atoms with Crippen molar-refractivity contribution in [3.8, 4) is 0 Å². The van der Waals surface area contributed by atoms with E-state index >= 15 is 0 Å². The van der Waals surface area contributed by atoms with Crippen LogP contribution in [0.4, 0.5) is 5.00 Å². The molecular weight excluding hydrogens is 364 g/mol. The lowest BCUT2D eigenvalue weighted by Crippen LogP contribution is -2.31. The zero-order valence-corrected chi connectivity index (χ0v) is 16.8. The van der Waals surface area contributed by atoms with Crippen molar-refractivity contribution in [3.05, 3.63) is 51.9 Å². The summed E-state index contributed by atoms with van der Waals surface area (Å²) in [4.78, 5) is 38.8. The van der Waals surface area contributed by atoms with Crippen molar-refractivity contribution in [2.24, 2.45) is 0 Å². The highest BCUT2D eigenvalue weighted by Gasteiger charge is 2.22. The van der Waals surface area contributed by atoms with E-state index in [2.05, 4.69) is 5.32 Å². The van der Waals surface area contributed by atoms with E-state index in [1.165, 1.54) is 25.4 Å². The molecule has 0 aliphatic carbocycles. The topological polar surface area (TPSA) is 75.7 Å². The number of amides is 2. The summed E-state index contributed by atoms with van der Waals surface area (Å²) in [6.45, 7) is 5.95. The molecule has 0 aliphatic heterocycles. The molecule has 7 heteroatoms. The number of carbonyl (C=O) groups is 3. The molecule has 144 valence electrons. The number of benzene rings is 1. The van der Waals surface area contributed by atoms with E-state index in [1.807, 2.05) is 44.2 Å². The molecule has 0 atom stereocenters. The van der Waals surface area contributed by atoms with Crippen LogP contribution in [0.2, 0.25) is 0 Å². The van der Waals surface area contributed by atoms with Crippen LogP contribution in [0.15, 0.2) is 30.3 Å². The van der Waals surface area contributed by atoms with E-state index in [0.29, 0.717) is 23.7 Å². The van der Waals surface area contributed by atoms with Crippen molar-refractivity contribution in [2.75, 3.05) is 19.0 Å². The molecule has 0 spiro atoms. The van der Waals surface area contributed by atoms with Crippen LogP contribution in [0.25, 0.3) is 0 Å². The van der Waals surface area contributed by atoms with Gasteiger partial charge in [0, 0.05) is 31.3 Å². The highest BCUT2D eigenvalue weighted by Crippen LogP contribution is 2.33. The minimum Gasteiger partial charge on any atom is -0.465 e. The number of carbonyl (C=O) groups excluding carboxylic acids is 3. The van der Waals surface area contributed by atoms with E-state index in [9.17, 15) is 14.4 Å². The van der Waals surface area contributed by atoms with Gasteiger partial charge in [0.2, 0.25) is 11.8 Å². The second-order valence-electron chi connectivity index (χ2n) is 6.20. The smallest absolute Gasteiger partial charge is 0.341 e. The number of hydrogen-bond acceptors (Lipinski definition) is 5. The average molecular weight is 388 g/mol. The van der Waals surface area contributed by atoms with Crippen LogP contribution in [0.1, 0.15) is 39.7 Å². The number of thiophene rings is 1. The maximum atomic E-state index is 12.4. The van der Waals surface area contributed by atoms with Gasteiger partial charge >= 0.3 is 5.97 Å². The molecular formula is C20H24N2O4S. The van der Waals surface area contributed by atoms with Crippen molar-refractivity contribution in [3.63, 3.8) is 0 Å². The first-order chi connectivity index (χ1) is 12.8. The first-order valence-electron chi connectivity index (χ1n) is 8.61. The van der Waals surface area contributed by atoms with Gasteiger partial charge in [0.15, 0.2) is 0 Å². The average Bonchev–Trinajstić information content (AvgIpc) is 2.92. The monoisotopic (exact) mass is 388 g/mol. The summed E-state index contributed by atoms with van der Waals surface area (Å²) in [5.41, 5.74) is 2.20. The molecule has 0 bridgehead atoms. The minimum absolute atomic E-state index is 0.0929. The van der Waals surface area contributed by atoms with Crippen molar-refractivity contribution in [1.29, 1.82) is 0 Å². The molecule has 0 unspecified atom stereocenters. The summed E-state index contributed by atoms with van der Waals surface area (Å²) < 4.78 is 4.81. The number of esters is 1. The molecule has 2 amide bonds. The third-order valence-electron chi connectivity index (χ3n) is 4.30. The normalized spacial score (nSPS) is 10.4. The van der Waals surface area contributed by atoms with Gasteiger partial charge in [-0.15, -0.1) is 11.3 Å². The molecule has 2 rings (SSSR count). The fraction of sp³-hybridized carbons (Fsp3) is 0.350. The van der Waals surface area contributed by atoms with Crippen LogP contribution in [0.5, 0.6) is 0 Å². The maximum Gasteiger partial charge on any atom is 0.341 e. The van der Waals surface area contributed by atoms with E-state index < -0.39 is 5.97 Å². The van der Waals surface area contributed by atoms with E-state index in [1.54, 1.807) is 4.90 Å². The molecule has 1 aromatic carbocycles. The van der Waals surface area contributed by atoms with Gasteiger partial charge in [-0.2, -0.15) is 0 Å². The molecule has 27 heavy (non-hydrogen) atoms. The SMILES string of the molecule is COC(=O)c1c(NC(=O)CCN(Cc2ccccc2)C(C)=O)sc(C)c1C. The highest BCUT2D eigenvalue weighted by molar-refractivity contribution is 7.16. The number of nitrogens with zero attached hydrogens (tertiary/aromatic N) is 1. The first kappa shape index (κ1) is 20.6. The molecule has 0 fully saturated rings. The van der Waals surface area contributed by atoms with Crippen LogP contribution in [-0.4, -0.2) is 36.3 Å². The number of nitrogens with one attached hydrogen (secondary N) is 1. The van der Waals surface area contributed by atoms with Gasteiger partial charge in [0.05, 0.1) is 12.7 Å². The summed E-state index contributed by atoms with van der Waals surface area (Å²) in [7, 11) is 1.31. The van der Waals surface area contributed by atoms with E-state index in [4.69, 9.17) is 4.74 Å². The molecule has 0 saturated carbocycles. The van der Waals surface area contributed by atoms with E-state index in [0.717, 1.165) is 16.0 Å². The van der Waals surface area contributed by atoms with Gasteiger partial charge in [-0.3, -0.25) is 9.59 Å². The molecule has 0 saturated heterocycles. The van der Waals surface area contributed by atoms with Crippen molar-refractivity contribution >= 4 is 34.1 Å². The zero-order valence-electron chi connectivity index (χ0n) is 16.0. The Kier molecular flexibility index (Phi) is 7.12. The quantitative estimate of drug-likeness (QED) is 0.736. The summed E-state index contributed by atoms with van der Waals surface area (Å²) in [6, 6.07) is 9.62. The summed E-state index contributed by atoms with van der Waals surface area (Å²) >= 11 is 1.34. The van der Waals surface area contributed by atoms with Crippen LogP contribution in [0, 0.1) is 13.8 Å². The second kappa shape index (κ2) is 9.32. The number of methoxy groups -OCH3 is 1. The van der Waals surface area contributed by atoms with Gasteiger partial charge in [-0.25, -0.2) is 4.79 Å². The van der Waals surface area contributed by atoms with Crippen LogP contribution in [-0.2, 0) is 20.9 Å². The summed E-state index contributed by atoms with van der Waals surface area (Å²) in [5.74, 6) is -0.813. The predicted octanol–water partition coefficient (Wildman–Crippen LogP) is 3.53. The highest BCUT2D eigenvalue weighted by atomic mass is 32.1. The van der Waals surface area contributed by atoms with Crippen LogP contribution in [0.3, 0.4) is 0 Å². The van der Waals surface area contributed by atoms with E-state index in [-0.39, 0.29) is 18.2 Å². The molecule has 1 N–H and O–H groups in total. The molecule has 0 radical (unpaired) electrons. The third kappa shape index (κ3) is 5.40. The first-order valence-corrected chi connectivity index (χ1v) is 9.42. The number of rotatable bonds is 7. The lowest BCUT2D eigenvalue weighted by atomic mass is 10.1. The van der Waals surface area contributed by atoms with Gasteiger partial charge in [-0.05, 0) is 25.0 Å². The Morgan fingerprint density at radius 3 is 2.41 bits per heavy atom. The molecule has 6 nitrogen and oxygen atoms in total. The Labute approximate surface area is 163 Å². The molecule has 0 aliphatic rings.